The Hall–Kier alpha value is -2.81. The SMILES string of the molecule is CC(=O)N=C1C(=O)N=C(SCC(=O)NCc2ccccc2)NC1=O. The van der Waals surface area contributed by atoms with E-state index in [0.29, 0.717) is 6.54 Å². The van der Waals surface area contributed by atoms with E-state index in [-0.39, 0.29) is 16.8 Å². The number of nitrogens with zero attached hydrogens (tertiary/aromatic N) is 2. The second kappa shape index (κ2) is 8.16. The largest absolute Gasteiger partial charge is 0.351 e. The van der Waals surface area contributed by atoms with Crippen LogP contribution in [0.3, 0.4) is 0 Å². The zero-order chi connectivity index (χ0) is 17.5. The molecule has 1 heterocycles. The average molecular weight is 346 g/mol. The number of hydrogen-bond acceptors (Lipinski definition) is 5. The van der Waals surface area contributed by atoms with E-state index in [4.69, 9.17) is 0 Å². The van der Waals surface area contributed by atoms with Crippen molar-refractivity contribution >= 4 is 46.3 Å². The second-order valence-electron chi connectivity index (χ2n) is 4.71. The molecule has 2 rings (SSSR count). The highest BCUT2D eigenvalue weighted by molar-refractivity contribution is 8.14. The first-order valence-electron chi connectivity index (χ1n) is 6.93. The van der Waals surface area contributed by atoms with Gasteiger partial charge in [0.2, 0.25) is 11.8 Å². The molecule has 124 valence electrons. The summed E-state index contributed by atoms with van der Waals surface area (Å²) in [6, 6.07) is 9.38. The molecule has 1 aromatic rings. The maximum Gasteiger partial charge on any atom is 0.303 e. The van der Waals surface area contributed by atoms with E-state index < -0.39 is 23.4 Å². The number of aliphatic imine (C=N–C) groups is 2. The van der Waals surface area contributed by atoms with Crippen LogP contribution in [0, 0.1) is 0 Å². The first-order valence-corrected chi connectivity index (χ1v) is 7.91. The fraction of sp³-hybridized carbons (Fsp3) is 0.200. The van der Waals surface area contributed by atoms with Gasteiger partial charge in [0, 0.05) is 13.5 Å². The van der Waals surface area contributed by atoms with Crippen molar-refractivity contribution in [3.05, 3.63) is 35.9 Å². The Morgan fingerprint density at radius 2 is 1.96 bits per heavy atom. The summed E-state index contributed by atoms with van der Waals surface area (Å²) >= 11 is 0.914. The van der Waals surface area contributed by atoms with Gasteiger partial charge in [-0.1, -0.05) is 42.1 Å². The van der Waals surface area contributed by atoms with Gasteiger partial charge in [-0.2, -0.15) is 4.99 Å². The molecule has 0 atom stereocenters. The van der Waals surface area contributed by atoms with Gasteiger partial charge in [0.05, 0.1) is 5.75 Å². The Morgan fingerprint density at radius 3 is 2.58 bits per heavy atom. The van der Waals surface area contributed by atoms with Crippen LogP contribution < -0.4 is 10.6 Å². The zero-order valence-corrected chi connectivity index (χ0v) is 13.6. The molecule has 0 saturated heterocycles. The van der Waals surface area contributed by atoms with Gasteiger partial charge >= 0.3 is 5.91 Å². The summed E-state index contributed by atoms with van der Waals surface area (Å²) in [6.07, 6.45) is 0. The van der Waals surface area contributed by atoms with Gasteiger partial charge in [-0.3, -0.25) is 24.5 Å². The number of amides is 4. The summed E-state index contributed by atoms with van der Waals surface area (Å²) in [7, 11) is 0. The Labute approximate surface area is 141 Å². The maximum absolute atomic E-state index is 11.8. The fourth-order valence-corrected chi connectivity index (χ4v) is 2.41. The minimum absolute atomic E-state index is 0.00219. The maximum atomic E-state index is 11.8. The van der Waals surface area contributed by atoms with Crippen molar-refractivity contribution in [2.24, 2.45) is 9.98 Å². The zero-order valence-electron chi connectivity index (χ0n) is 12.7. The average Bonchev–Trinajstić information content (AvgIpc) is 2.55. The van der Waals surface area contributed by atoms with Gasteiger partial charge in [0.25, 0.3) is 5.91 Å². The van der Waals surface area contributed by atoms with Crippen LogP contribution in [0.4, 0.5) is 0 Å². The number of amidine groups is 1. The molecule has 0 aromatic heterocycles. The summed E-state index contributed by atoms with van der Waals surface area (Å²) in [6.45, 7) is 1.51. The van der Waals surface area contributed by atoms with Gasteiger partial charge in [-0.25, -0.2) is 4.99 Å². The number of carbonyl (C=O) groups excluding carboxylic acids is 4. The van der Waals surface area contributed by atoms with Crippen LogP contribution in [0.5, 0.6) is 0 Å². The molecular formula is C15H14N4O4S. The Morgan fingerprint density at radius 1 is 1.25 bits per heavy atom. The lowest BCUT2D eigenvalue weighted by Gasteiger charge is -2.12. The van der Waals surface area contributed by atoms with Crippen molar-refractivity contribution < 1.29 is 19.2 Å². The molecule has 1 aromatic carbocycles. The van der Waals surface area contributed by atoms with Crippen molar-refractivity contribution in [1.29, 1.82) is 0 Å². The van der Waals surface area contributed by atoms with Crippen molar-refractivity contribution in [3.63, 3.8) is 0 Å². The highest BCUT2D eigenvalue weighted by Crippen LogP contribution is 2.07. The highest BCUT2D eigenvalue weighted by atomic mass is 32.2. The van der Waals surface area contributed by atoms with Gasteiger partial charge in [0.15, 0.2) is 10.9 Å². The van der Waals surface area contributed by atoms with Crippen LogP contribution in [0.1, 0.15) is 12.5 Å². The van der Waals surface area contributed by atoms with Gasteiger partial charge in [-0.15, -0.1) is 0 Å². The van der Waals surface area contributed by atoms with E-state index in [9.17, 15) is 19.2 Å². The number of rotatable bonds is 4. The summed E-state index contributed by atoms with van der Waals surface area (Å²) in [5, 5.41) is 5.04. The summed E-state index contributed by atoms with van der Waals surface area (Å²) in [5.74, 6) is -2.66. The molecule has 2 N–H and O–H groups in total. The van der Waals surface area contributed by atoms with Crippen molar-refractivity contribution in [2.45, 2.75) is 13.5 Å². The lowest BCUT2D eigenvalue weighted by atomic mass is 10.2. The molecular weight excluding hydrogens is 332 g/mol. The second-order valence-corrected chi connectivity index (χ2v) is 5.67. The van der Waals surface area contributed by atoms with Crippen LogP contribution in [-0.4, -0.2) is 40.3 Å². The molecule has 0 unspecified atom stereocenters. The number of thioether (sulfide) groups is 1. The van der Waals surface area contributed by atoms with Crippen LogP contribution in [-0.2, 0) is 25.7 Å². The molecule has 8 nitrogen and oxygen atoms in total. The van der Waals surface area contributed by atoms with Crippen LogP contribution in [0.25, 0.3) is 0 Å². The lowest BCUT2D eigenvalue weighted by molar-refractivity contribution is -0.120. The standard InChI is InChI=1S/C15H14N4O4S/c1-9(20)17-12-13(22)18-15(19-14(12)23)24-8-11(21)16-7-10-5-3-2-4-6-10/h2-6H,7-8H2,1H3,(H,16,21)(H,18,19,22,23). The molecule has 0 radical (unpaired) electrons. The monoisotopic (exact) mass is 346 g/mol. The summed E-state index contributed by atoms with van der Waals surface area (Å²) in [5.41, 5.74) is 0.403. The molecule has 4 amide bonds. The third-order valence-corrected chi connectivity index (χ3v) is 3.66. The van der Waals surface area contributed by atoms with Crippen LogP contribution in [0.2, 0.25) is 0 Å². The number of hydrogen-bond donors (Lipinski definition) is 2. The first kappa shape index (κ1) is 17.5. The van der Waals surface area contributed by atoms with Gasteiger partial charge in [-0.05, 0) is 5.56 Å². The van der Waals surface area contributed by atoms with E-state index in [2.05, 4.69) is 20.6 Å². The van der Waals surface area contributed by atoms with E-state index in [1.165, 1.54) is 0 Å². The van der Waals surface area contributed by atoms with Crippen molar-refractivity contribution in [3.8, 4) is 0 Å². The smallest absolute Gasteiger partial charge is 0.303 e. The minimum Gasteiger partial charge on any atom is -0.351 e. The molecule has 0 aliphatic carbocycles. The van der Waals surface area contributed by atoms with E-state index in [1.54, 1.807) is 0 Å². The molecule has 9 heteroatoms. The minimum atomic E-state index is -0.902. The lowest BCUT2D eigenvalue weighted by Crippen LogP contribution is -2.44. The number of nitrogens with one attached hydrogen (secondary N) is 2. The highest BCUT2D eigenvalue weighted by Gasteiger charge is 2.28. The Balaban J connectivity index is 1.86. The van der Waals surface area contributed by atoms with Crippen LogP contribution >= 0.6 is 11.8 Å². The number of benzene rings is 1. The molecule has 1 aliphatic heterocycles. The number of carbonyl (C=O) groups is 4. The predicted molar refractivity (Wildman–Crippen MR) is 89.4 cm³/mol. The van der Waals surface area contributed by atoms with E-state index in [1.807, 2.05) is 30.3 Å². The summed E-state index contributed by atoms with van der Waals surface area (Å²) < 4.78 is 0. The summed E-state index contributed by atoms with van der Waals surface area (Å²) in [4.78, 5) is 52.9. The molecule has 0 saturated carbocycles. The topological polar surface area (TPSA) is 117 Å². The Bertz CT molecular complexity index is 743. The first-order chi connectivity index (χ1) is 11.5. The third-order valence-electron chi connectivity index (χ3n) is 2.78. The van der Waals surface area contributed by atoms with E-state index >= 15 is 0 Å². The molecule has 1 aliphatic rings. The van der Waals surface area contributed by atoms with Gasteiger partial charge in [0.1, 0.15) is 0 Å². The molecule has 0 fully saturated rings. The third kappa shape index (κ3) is 5.13. The van der Waals surface area contributed by atoms with Crippen molar-refractivity contribution in [2.75, 3.05) is 5.75 Å². The van der Waals surface area contributed by atoms with Crippen LogP contribution in [0.15, 0.2) is 40.3 Å². The molecule has 24 heavy (non-hydrogen) atoms. The molecule has 0 spiro atoms. The quantitative estimate of drug-likeness (QED) is 0.798. The Kier molecular flexibility index (Phi) is 5.96. The fourth-order valence-electron chi connectivity index (χ4n) is 1.73. The predicted octanol–water partition coefficient (Wildman–Crippen LogP) is 0.0359. The normalized spacial score (nSPS) is 15.7. The van der Waals surface area contributed by atoms with E-state index in [0.717, 1.165) is 24.2 Å². The molecule has 0 bridgehead atoms. The van der Waals surface area contributed by atoms with Gasteiger partial charge < -0.3 is 5.32 Å². The van der Waals surface area contributed by atoms with Crippen molar-refractivity contribution in [1.82, 2.24) is 10.6 Å².